The number of imide groups is 1. The lowest BCUT2D eigenvalue weighted by molar-refractivity contribution is -0.255. The van der Waals surface area contributed by atoms with Crippen LogP contribution in [-0.2, 0) is 9.59 Å². The van der Waals surface area contributed by atoms with Gasteiger partial charge in [0.25, 0.3) is 0 Å². The van der Waals surface area contributed by atoms with Crippen LogP contribution >= 0.6 is 11.8 Å². The van der Waals surface area contributed by atoms with Crippen LogP contribution in [0.3, 0.4) is 0 Å². The number of pyridine rings is 1. The highest BCUT2D eigenvalue weighted by molar-refractivity contribution is 8.00. The molecule has 0 spiro atoms. The Balaban J connectivity index is 2.21. The summed E-state index contributed by atoms with van der Waals surface area (Å²) in [6, 6.07) is 2.85. The van der Waals surface area contributed by atoms with Crippen LogP contribution < -0.4 is 5.11 Å². The van der Waals surface area contributed by atoms with Gasteiger partial charge in [0.05, 0.1) is 11.2 Å². The number of rotatable bonds is 4. The molecule has 1 aromatic rings. The summed E-state index contributed by atoms with van der Waals surface area (Å²) in [6.07, 6.45) is 1.51. The van der Waals surface area contributed by atoms with Crippen LogP contribution in [-0.4, -0.2) is 39.5 Å². The summed E-state index contributed by atoms with van der Waals surface area (Å²) >= 11 is 0.993. The molecule has 1 atom stereocenters. The van der Waals surface area contributed by atoms with E-state index in [0.29, 0.717) is 6.54 Å². The fraction of sp³-hybridized carbons (Fsp3) is 0.333. The van der Waals surface area contributed by atoms with Crippen LogP contribution in [0.25, 0.3) is 0 Å². The van der Waals surface area contributed by atoms with E-state index in [1.165, 1.54) is 23.2 Å². The maximum absolute atomic E-state index is 11.9. The van der Waals surface area contributed by atoms with Gasteiger partial charge in [-0.1, -0.05) is 11.8 Å². The molecular formula is C12H11N2O4S-. The molecule has 0 unspecified atom stereocenters. The Morgan fingerprint density at radius 1 is 1.58 bits per heavy atom. The molecule has 0 N–H and O–H groups in total. The van der Waals surface area contributed by atoms with Crippen LogP contribution in [0.4, 0.5) is 0 Å². The number of amides is 2. The van der Waals surface area contributed by atoms with E-state index in [2.05, 4.69) is 4.98 Å². The second-order valence-corrected chi connectivity index (χ2v) is 5.12. The number of carbonyl (C=O) groups is 3. The van der Waals surface area contributed by atoms with E-state index >= 15 is 0 Å². The third-order valence-electron chi connectivity index (χ3n) is 2.76. The molecule has 0 aromatic carbocycles. The highest BCUT2D eigenvalue weighted by atomic mass is 32.2. The summed E-state index contributed by atoms with van der Waals surface area (Å²) in [5.74, 6) is -1.89. The largest absolute Gasteiger partial charge is 0.545 e. The lowest BCUT2D eigenvalue weighted by atomic mass is 10.3. The predicted octanol–water partition coefficient (Wildman–Crippen LogP) is -0.315. The number of aromatic nitrogens is 1. The van der Waals surface area contributed by atoms with Crippen LogP contribution in [0.2, 0.25) is 0 Å². The molecule has 100 valence electrons. The van der Waals surface area contributed by atoms with Crippen molar-refractivity contribution in [1.29, 1.82) is 0 Å². The molecule has 19 heavy (non-hydrogen) atoms. The van der Waals surface area contributed by atoms with E-state index in [1.807, 2.05) is 0 Å². The van der Waals surface area contributed by atoms with Gasteiger partial charge in [0.1, 0.15) is 5.03 Å². The monoisotopic (exact) mass is 279 g/mol. The molecule has 2 rings (SSSR count). The maximum Gasteiger partial charge on any atom is 0.243 e. The minimum absolute atomic E-state index is 0.0669. The summed E-state index contributed by atoms with van der Waals surface area (Å²) in [5.41, 5.74) is -0.0669. The number of thioether (sulfide) groups is 1. The van der Waals surface area contributed by atoms with Gasteiger partial charge in [-0.2, -0.15) is 0 Å². The zero-order chi connectivity index (χ0) is 14.0. The number of carboxylic acid groups (broad SMARTS) is 1. The topological polar surface area (TPSA) is 90.4 Å². The Bertz CT molecular complexity index is 546. The number of carbonyl (C=O) groups excluding carboxylic acids is 3. The SMILES string of the molecule is CCN1C(=O)C[C@H](Sc2ncccc2C(=O)[O-])C1=O. The van der Waals surface area contributed by atoms with Crippen molar-refractivity contribution in [2.75, 3.05) is 6.54 Å². The van der Waals surface area contributed by atoms with Gasteiger partial charge in [0.15, 0.2) is 0 Å². The third-order valence-corrected chi connectivity index (χ3v) is 3.97. The van der Waals surface area contributed by atoms with Crippen LogP contribution in [0.1, 0.15) is 23.7 Å². The van der Waals surface area contributed by atoms with Gasteiger partial charge in [-0.15, -0.1) is 0 Å². The average Bonchev–Trinajstić information content (AvgIpc) is 2.64. The third kappa shape index (κ3) is 2.60. The van der Waals surface area contributed by atoms with E-state index in [4.69, 9.17) is 0 Å². The Labute approximate surface area is 113 Å². The van der Waals surface area contributed by atoms with E-state index in [9.17, 15) is 19.5 Å². The van der Waals surface area contributed by atoms with Gasteiger partial charge in [-0.3, -0.25) is 14.5 Å². The van der Waals surface area contributed by atoms with Gasteiger partial charge < -0.3 is 9.90 Å². The molecule has 2 amide bonds. The van der Waals surface area contributed by atoms with Gasteiger partial charge in [-0.05, 0) is 19.1 Å². The first-order valence-corrected chi connectivity index (χ1v) is 6.59. The normalized spacial score (nSPS) is 19.0. The Hall–Kier alpha value is -1.89. The van der Waals surface area contributed by atoms with Crippen molar-refractivity contribution in [1.82, 2.24) is 9.88 Å². The van der Waals surface area contributed by atoms with Gasteiger partial charge in [0.2, 0.25) is 11.8 Å². The van der Waals surface area contributed by atoms with Crippen molar-refractivity contribution in [2.24, 2.45) is 0 Å². The number of hydrogen-bond donors (Lipinski definition) is 0. The standard InChI is InChI=1S/C12H12N2O4S/c1-2-14-9(15)6-8(11(14)16)19-10-7(12(17)18)4-3-5-13-10/h3-5,8H,2,6H2,1H3,(H,17,18)/p-1/t8-/m0/s1. The quantitative estimate of drug-likeness (QED) is 0.702. The minimum atomic E-state index is -1.35. The second kappa shape index (κ2) is 5.40. The molecule has 1 aliphatic heterocycles. The Morgan fingerprint density at radius 2 is 2.32 bits per heavy atom. The highest BCUT2D eigenvalue weighted by Crippen LogP contribution is 2.31. The summed E-state index contributed by atoms with van der Waals surface area (Å²) in [5, 5.41) is 10.5. The molecule has 0 saturated carbocycles. The predicted molar refractivity (Wildman–Crippen MR) is 65.2 cm³/mol. The van der Waals surface area contributed by atoms with Crippen molar-refractivity contribution in [3.8, 4) is 0 Å². The fourth-order valence-electron chi connectivity index (χ4n) is 1.85. The van der Waals surface area contributed by atoms with Gasteiger partial charge >= 0.3 is 0 Å². The summed E-state index contributed by atoms with van der Waals surface area (Å²) in [6.45, 7) is 2.04. The van der Waals surface area contributed by atoms with Crippen molar-refractivity contribution in [2.45, 2.75) is 23.6 Å². The minimum Gasteiger partial charge on any atom is -0.545 e. The van der Waals surface area contributed by atoms with Crippen molar-refractivity contribution < 1.29 is 19.5 Å². The van der Waals surface area contributed by atoms with Crippen LogP contribution in [0, 0.1) is 0 Å². The first-order valence-electron chi connectivity index (χ1n) is 5.71. The first-order chi connectivity index (χ1) is 9.04. The maximum atomic E-state index is 11.9. The summed E-state index contributed by atoms with van der Waals surface area (Å²) < 4.78 is 0. The number of likely N-dealkylation sites (tertiary alicyclic amines) is 1. The van der Waals surface area contributed by atoms with Crippen LogP contribution in [0.5, 0.6) is 0 Å². The first kappa shape index (κ1) is 13.5. The molecule has 2 heterocycles. The lowest BCUT2D eigenvalue weighted by Gasteiger charge is -2.13. The highest BCUT2D eigenvalue weighted by Gasteiger charge is 2.38. The lowest BCUT2D eigenvalue weighted by Crippen LogP contribution is -2.31. The fourth-order valence-corrected chi connectivity index (χ4v) is 2.98. The number of carboxylic acids is 1. The second-order valence-electron chi connectivity index (χ2n) is 3.93. The Morgan fingerprint density at radius 3 is 2.89 bits per heavy atom. The van der Waals surface area contributed by atoms with Gasteiger partial charge in [0, 0.05) is 24.7 Å². The molecular weight excluding hydrogens is 268 g/mol. The smallest absolute Gasteiger partial charge is 0.243 e. The average molecular weight is 279 g/mol. The van der Waals surface area contributed by atoms with E-state index in [-0.39, 0.29) is 28.8 Å². The molecule has 0 radical (unpaired) electrons. The molecule has 1 saturated heterocycles. The van der Waals surface area contributed by atoms with Crippen molar-refractivity contribution >= 4 is 29.5 Å². The zero-order valence-electron chi connectivity index (χ0n) is 10.2. The number of aromatic carboxylic acids is 1. The summed E-state index contributed by atoms with van der Waals surface area (Å²) in [4.78, 5) is 39.5. The molecule has 1 aliphatic rings. The van der Waals surface area contributed by atoms with Gasteiger partial charge in [-0.25, -0.2) is 4.98 Å². The van der Waals surface area contributed by atoms with Crippen molar-refractivity contribution in [3.05, 3.63) is 23.9 Å². The number of nitrogens with zero attached hydrogens (tertiary/aromatic N) is 2. The molecule has 0 bridgehead atoms. The summed E-state index contributed by atoms with van der Waals surface area (Å²) in [7, 11) is 0. The Kier molecular flexibility index (Phi) is 3.84. The molecule has 0 aliphatic carbocycles. The van der Waals surface area contributed by atoms with E-state index < -0.39 is 11.2 Å². The van der Waals surface area contributed by atoms with Crippen molar-refractivity contribution in [3.63, 3.8) is 0 Å². The molecule has 1 fully saturated rings. The molecule has 1 aromatic heterocycles. The van der Waals surface area contributed by atoms with Crippen LogP contribution in [0.15, 0.2) is 23.4 Å². The van der Waals surface area contributed by atoms with E-state index in [0.717, 1.165) is 11.8 Å². The van der Waals surface area contributed by atoms with E-state index in [1.54, 1.807) is 6.92 Å². The number of hydrogen-bond acceptors (Lipinski definition) is 6. The zero-order valence-corrected chi connectivity index (χ0v) is 11.0. The molecule has 7 heteroatoms. The molecule has 6 nitrogen and oxygen atoms in total.